The van der Waals surface area contributed by atoms with Crippen molar-refractivity contribution >= 4 is 12.0 Å². The summed E-state index contributed by atoms with van der Waals surface area (Å²) in [5.41, 5.74) is 0. The van der Waals surface area contributed by atoms with Crippen LogP contribution in [0.3, 0.4) is 0 Å². The summed E-state index contributed by atoms with van der Waals surface area (Å²) >= 11 is 0. The van der Waals surface area contributed by atoms with Gasteiger partial charge in [0.1, 0.15) is 0 Å². The van der Waals surface area contributed by atoms with Crippen LogP contribution in [0, 0.1) is 17.8 Å². The Kier molecular flexibility index (Phi) is 4.89. The van der Waals surface area contributed by atoms with Gasteiger partial charge in [-0.1, -0.05) is 26.7 Å². The molecule has 5 heteroatoms. The lowest BCUT2D eigenvalue weighted by Gasteiger charge is -2.41. The lowest BCUT2D eigenvalue weighted by Crippen LogP contribution is -2.57. The zero-order valence-electron chi connectivity index (χ0n) is 12.5. The van der Waals surface area contributed by atoms with Gasteiger partial charge in [0, 0.05) is 25.0 Å². The van der Waals surface area contributed by atoms with Crippen LogP contribution in [-0.2, 0) is 4.79 Å². The number of hydrogen-bond donors (Lipinski definition) is 2. The fourth-order valence-electron chi connectivity index (χ4n) is 3.50. The maximum atomic E-state index is 12.2. The van der Waals surface area contributed by atoms with Gasteiger partial charge >= 0.3 is 12.0 Å². The van der Waals surface area contributed by atoms with Gasteiger partial charge in [-0.05, 0) is 24.7 Å². The summed E-state index contributed by atoms with van der Waals surface area (Å²) < 4.78 is 0. The summed E-state index contributed by atoms with van der Waals surface area (Å²) in [4.78, 5) is 24.5. The second kappa shape index (κ2) is 6.46. The molecule has 114 valence electrons. The molecule has 2 N–H and O–H groups in total. The van der Waals surface area contributed by atoms with E-state index < -0.39 is 5.97 Å². The molecule has 2 unspecified atom stereocenters. The molecule has 1 aliphatic carbocycles. The number of nitrogens with one attached hydrogen (secondary N) is 1. The maximum Gasteiger partial charge on any atom is 0.317 e. The molecular formula is C15H26N2O3. The van der Waals surface area contributed by atoms with E-state index in [1.54, 1.807) is 4.90 Å². The highest BCUT2D eigenvalue weighted by Gasteiger charge is 2.35. The molecule has 2 amide bonds. The highest BCUT2D eigenvalue weighted by atomic mass is 16.4. The third-order valence-corrected chi connectivity index (χ3v) is 4.69. The summed E-state index contributed by atoms with van der Waals surface area (Å²) in [6, 6.07) is 0.277. The quantitative estimate of drug-likeness (QED) is 0.831. The van der Waals surface area contributed by atoms with E-state index in [1.165, 1.54) is 19.3 Å². The predicted octanol–water partition coefficient (Wildman–Crippen LogP) is 2.32. The Hall–Kier alpha value is -1.26. The number of amides is 2. The molecule has 2 rings (SSSR count). The molecule has 1 heterocycles. The summed E-state index contributed by atoms with van der Waals surface area (Å²) in [5.74, 6) is 0.522. The lowest BCUT2D eigenvalue weighted by molar-refractivity contribution is -0.139. The van der Waals surface area contributed by atoms with E-state index in [-0.39, 0.29) is 24.4 Å². The minimum Gasteiger partial charge on any atom is -0.481 e. The normalized spacial score (nSPS) is 27.2. The van der Waals surface area contributed by atoms with Crippen molar-refractivity contribution in [2.75, 3.05) is 13.1 Å². The molecule has 0 aromatic heterocycles. The van der Waals surface area contributed by atoms with E-state index in [2.05, 4.69) is 19.2 Å². The molecule has 1 saturated heterocycles. The molecule has 5 nitrogen and oxygen atoms in total. The van der Waals surface area contributed by atoms with Gasteiger partial charge in [0.2, 0.25) is 0 Å². The first-order chi connectivity index (χ1) is 9.47. The van der Waals surface area contributed by atoms with Gasteiger partial charge in [-0.15, -0.1) is 0 Å². The van der Waals surface area contributed by atoms with Gasteiger partial charge in [-0.25, -0.2) is 4.79 Å². The summed E-state index contributed by atoms with van der Waals surface area (Å²) in [6.45, 7) is 5.61. The van der Waals surface area contributed by atoms with Gasteiger partial charge in [-0.3, -0.25) is 4.79 Å². The number of hydrogen-bond acceptors (Lipinski definition) is 2. The summed E-state index contributed by atoms with van der Waals surface area (Å²) in [5, 5.41) is 11.9. The van der Waals surface area contributed by atoms with Crippen molar-refractivity contribution in [3.63, 3.8) is 0 Å². The molecule has 0 bridgehead atoms. The fourth-order valence-corrected chi connectivity index (χ4v) is 3.50. The Labute approximate surface area is 120 Å². The molecule has 0 spiro atoms. The minimum absolute atomic E-state index is 0.0100. The van der Waals surface area contributed by atoms with E-state index in [1.807, 2.05) is 0 Å². The zero-order valence-corrected chi connectivity index (χ0v) is 12.5. The second-order valence-corrected chi connectivity index (χ2v) is 6.62. The van der Waals surface area contributed by atoms with E-state index in [9.17, 15) is 9.59 Å². The lowest BCUT2D eigenvalue weighted by atomic mass is 9.78. The van der Waals surface area contributed by atoms with Crippen LogP contribution in [0.25, 0.3) is 0 Å². The number of aliphatic carboxylic acids is 1. The smallest absolute Gasteiger partial charge is 0.317 e. The van der Waals surface area contributed by atoms with Crippen LogP contribution in [0.15, 0.2) is 0 Å². The molecular weight excluding hydrogens is 256 g/mol. The number of rotatable bonds is 4. The van der Waals surface area contributed by atoms with E-state index >= 15 is 0 Å². The van der Waals surface area contributed by atoms with Crippen LogP contribution in [0.2, 0.25) is 0 Å². The molecule has 2 atom stereocenters. The molecule has 1 saturated carbocycles. The molecule has 2 aliphatic rings. The van der Waals surface area contributed by atoms with Crippen molar-refractivity contribution in [1.82, 2.24) is 10.2 Å². The first-order valence-electron chi connectivity index (χ1n) is 7.74. The van der Waals surface area contributed by atoms with Crippen molar-refractivity contribution in [3.8, 4) is 0 Å². The molecule has 20 heavy (non-hydrogen) atoms. The molecule has 0 aromatic carbocycles. The number of carbonyl (C=O) groups excluding carboxylic acids is 1. The van der Waals surface area contributed by atoms with E-state index in [0.717, 1.165) is 6.42 Å². The summed E-state index contributed by atoms with van der Waals surface area (Å²) in [7, 11) is 0. The van der Waals surface area contributed by atoms with Crippen molar-refractivity contribution in [2.45, 2.75) is 52.0 Å². The third kappa shape index (κ3) is 3.64. The molecule has 0 radical (unpaired) electrons. The summed E-state index contributed by atoms with van der Waals surface area (Å²) in [6.07, 6.45) is 4.89. The first-order valence-corrected chi connectivity index (χ1v) is 7.74. The van der Waals surface area contributed by atoms with Crippen molar-refractivity contribution < 1.29 is 14.7 Å². The minimum atomic E-state index is -0.776. The van der Waals surface area contributed by atoms with Crippen LogP contribution in [0.4, 0.5) is 4.79 Å². The van der Waals surface area contributed by atoms with Crippen LogP contribution < -0.4 is 5.32 Å². The van der Waals surface area contributed by atoms with Crippen molar-refractivity contribution in [3.05, 3.63) is 0 Å². The highest BCUT2D eigenvalue weighted by Crippen LogP contribution is 2.30. The number of carboxylic acid groups (broad SMARTS) is 1. The Morgan fingerprint density at radius 2 is 1.90 bits per heavy atom. The van der Waals surface area contributed by atoms with Crippen LogP contribution in [0.5, 0.6) is 0 Å². The molecule has 0 aromatic rings. The number of urea groups is 1. The zero-order chi connectivity index (χ0) is 14.7. The van der Waals surface area contributed by atoms with Gasteiger partial charge in [0.05, 0.1) is 6.42 Å². The Morgan fingerprint density at radius 3 is 2.50 bits per heavy atom. The largest absolute Gasteiger partial charge is 0.481 e. The van der Waals surface area contributed by atoms with Crippen molar-refractivity contribution in [1.29, 1.82) is 0 Å². The number of carbonyl (C=O) groups is 2. The predicted molar refractivity (Wildman–Crippen MR) is 76.4 cm³/mol. The SMILES string of the molecule is CC(C)C1CCCCC1NC(=O)N1CC(CC(=O)O)C1. The Morgan fingerprint density at radius 1 is 1.25 bits per heavy atom. The van der Waals surface area contributed by atoms with Crippen LogP contribution >= 0.6 is 0 Å². The van der Waals surface area contributed by atoms with Gasteiger partial charge < -0.3 is 15.3 Å². The average molecular weight is 282 g/mol. The Bertz CT molecular complexity index is 364. The maximum absolute atomic E-state index is 12.2. The topological polar surface area (TPSA) is 69.6 Å². The number of nitrogens with zero attached hydrogens (tertiary/aromatic N) is 1. The number of likely N-dealkylation sites (tertiary alicyclic amines) is 1. The van der Waals surface area contributed by atoms with Crippen LogP contribution in [0.1, 0.15) is 46.0 Å². The second-order valence-electron chi connectivity index (χ2n) is 6.62. The Balaban J connectivity index is 1.78. The van der Waals surface area contributed by atoms with Gasteiger partial charge in [0.15, 0.2) is 0 Å². The molecule has 1 aliphatic heterocycles. The monoisotopic (exact) mass is 282 g/mol. The standard InChI is InChI=1S/C15H26N2O3/c1-10(2)12-5-3-4-6-13(12)16-15(20)17-8-11(9-17)7-14(18)19/h10-13H,3-9H2,1-2H3,(H,16,20)(H,18,19). The van der Waals surface area contributed by atoms with Crippen molar-refractivity contribution in [2.24, 2.45) is 17.8 Å². The number of carboxylic acids is 1. The van der Waals surface area contributed by atoms with Crippen LogP contribution in [-0.4, -0.2) is 41.1 Å². The van der Waals surface area contributed by atoms with E-state index in [0.29, 0.717) is 24.9 Å². The fraction of sp³-hybridized carbons (Fsp3) is 0.867. The van der Waals surface area contributed by atoms with Gasteiger partial charge in [0.25, 0.3) is 0 Å². The molecule has 2 fully saturated rings. The van der Waals surface area contributed by atoms with E-state index in [4.69, 9.17) is 5.11 Å². The third-order valence-electron chi connectivity index (χ3n) is 4.69. The average Bonchev–Trinajstić information content (AvgIpc) is 2.33. The highest BCUT2D eigenvalue weighted by molar-refractivity contribution is 5.76. The van der Waals surface area contributed by atoms with Gasteiger partial charge in [-0.2, -0.15) is 0 Å². The first kappa shape index (κ1) is 15.1.